The largest absolute Gasteiger partial charge is 0.464 e. The summed E-state index contributed by atoms with van der Waals surface area (Å²) >= 11 is 0. The van der Waals surface area contributed by atoms with E-state index < -0.39 is 0 Å². The molecule has 3 nitrogen and oxygen atoms in total. The van der Waals surface area contributed by atoms with Crippen LogP contribution in [0.25, 0.3) is 0 Å². The molecular weight excluding hydrogens is 408 g/mol. The molecule has 0 aliphatic heterocycles. The molecular formula is C30H48O3. The fourth-order valence-electron chi connectivity index (χ4n) is 2.93. The van der Waals surface area contributed by atoms with Crippen LogP contribution in [0, 0.1) is 0 Å². The summed E-state index contributed by atoms with van der Waals surface area (Å²) in [7, 11) is 0. The first-order valence-electron chi connectivity index (χ1n) is 13.0. The third-order valence-corrected chi connectivity index (χ3v) is 5.01. The number of rotatable bonds is 19. The SMILES string of the molecule is CCCCCCCCC=CCC=CC=COc1ccccc1C=O.CCCCOCCCC. The highest BCUT2D eigenvalue weighted by atomic mass is 16.5. The summed E-state index contributed by atoms with van der Waals surface area (Å²) in [4.78, 5) is 10.8. The van der Waals surface area contributed by atoms with E-state index in [1.807, 2.05) is 24.3 Å². The van der Waals surface area contributed by atoms with Crippen molar-refractivity contribution in [2.45, 2.75) is 97.8 Å². The lowest BCUT2D eigenvalue weighted by Crippen LogP contribution is -1.95. The molecule has 0 aromatic heterocycles. The number of carbonyl (C=O) groups excluding carboxylic acids is 1. The van der Waals surface area contributed by atoms with Crippen LogP contribution in [-0.2, 0) is 4.74 Å². The normalized spacial score (nSPS) is 11.2. The summed E-state index contributed by atoms with van der Waals surface area (Å²) < 4.78 is 10.8. The van der Waals surface area contributed by atoms with Crippen LogP contribution in [-0.4, -0.2) is 19.5 Å². The molecule has 0 unspecified atom stereocenters. The van der Waals surface area contributed by atoms with Crippen molar-refractivity contribution in [3.8, 4) is 5.75 Å². The Morgan fingerprint density at radius 1 is 0.727 bits per heavy atom. The van der Waals surface area contributed by atoms with Gasteiger partial charge in [0.25, 0.3) is 0 Å². The number of benzene rings is 1. The Bertz CT molecular complexity index is 625. The van der Waals surface area contributed by atoms with Crippen LogP contribution in [0.1, 0.15) is 108 Å². The molecule has 1 rings (SSSR count). The lowest BCUT2D eigenvalue weighted by Gasteiger charge is -2.01. The summed E-state index contributed by atoms with van der Waals surface area (Å²) in [5.74, 6) is 0.580. The molecule has 0 fully saturated rings. The second-order valence-corrected chi connectivity index (χ2v) is 8.11. The molecule has 1 aromatic carbocycles. The zero-order valence-electron chi connectivity index (χ0n) is 21.5. The maximum atomic E-state index is 10.8. The van der Waals surface area contributed by atoms with E-state index in [0.717, 1.165) is 25.9 Å². The lowest BCUT2D eigenvalue weighted by molar-refractivity contribution is 0.112. The van der Waals surface area contributed by atoms with Crippen LogP contribution in [0.3, 0.4) is 0 Å². The van der Waals surface area contributed by atoms with Crippen molar-refractivity contribution in [3.05, 3.63) is 66.5 Å². The van der Waals surface area contributed by atoms with Crippen molar-refractivity contribution in [1.29, 1.82) is 0 Å². The van der Waals surface area contributed by atoms with Gasteiger partial charge in [-0.15, -0.1) is 0 Å². The number of ether oxygens (including phenoxy) is 2. The number of allylic oxidation sites excluding steroid dienone is 5. The second kappa shape index (κ2) is 26.1. The zero-order chi connectivity index (χ0) is 24.2. The Morgan fingerprint density at radius 3 is 2.09 bits per heavy atom. The fourth-order valence-corrected chi connectivity index (χ4v) is 2.93. The van der Waals surface area contributed by atoms with E-state index in [0.29, 0.717) is 11.3 Å². The quantitative estimate of drug-likeness (QED) is 0.0684. The van der Waals surface area contributed by atoms with Gasteiger partial charge in [-0.2, -0.15) is 0 Å². The molecule has 0 radical (unpaired) electrons. The molecule has 0 aliphatic rings. The minimum atomic E-state index is 0.559. The molecule has 0 atom stereocenters. The fraction of sp³-hybridized carbons (Fsp3) is 0.567. The smallest absolute Gasteiger partial charge is 0.153 e. The van der Waals surface area contributed by atoms with E-state index in [9.17, 15) is 4.79 Å². The predicted molar refractivity (Wildman–Crippen MR) is 143 cm³/mol. The van der Waals surface area contributed by atoms with Gasteiger partial charge in [-0.3, -0.25) is 4.79 Å². The van der Waals surface area contributed by atoms with Gasteiger partial charge in [0.05, 0.1) is 11.8 Å². The van der Waals surface area contributed by atoms with Gasteiger partial charge in [0.15, 0.2) is 6.29 Å². The Morgan fingerprint density at radius 2 is 1.39 bits per heavy atom. The monoisotopic (exact) mass is 456 g/mol. The van der Waals surface area contributed by atoms with E-state index in [-0.39, 0.29) is 0 Å². The third kappa shape index (κ3) is 21.5. The summed E-state index contributed by atoms with van der Waals surface area (Å²) in [6.07, 6.45) is 27.9. The van der Waals surface area contributed by atoms with E-state index in [1.54, 1.807) is 18.4 Å². The first-order chi connectivity index (χ1) is 16.3. The van der Waals surface area contributed by atoms with Crippen LogP contribution in [0.5, 0.6) is 5.75 Å². The van der Waals surface area contributed by atoms with Gasteiger partial charge in [-0.1, -0.05) is 102 Å². The molecule has 186 valence electrons. The van der Waals surface area contributed by atoms with Crippen molar-refractivity contribution in [2.24, 2.45) is 0 Å². The molecule has 0 N–H and O–H groups in total. The number of hydrogen-bond acceptors (Lipinski definition) is 3. The Hall–Kier alpha value is -2.13. The molecule has 0 saturated carbocycles. The number of aldehydes is 1. The number of hydrogen-bond donors (Lipinski definition) is 0. The van der Waals surface area contributed by atoms with Gasteiger partial charge in [0.1, 0.15) is 5.75 Å². The van der Waals surface area contributed by atoms with E-state index in [2.05, 4.69) is 39.0 Å². The van der Waals surface area contributed by atoms with E-state index in [4.69, 9.17) is 9.47 Å². The van der Waals surface area contributed by atoms with E-state index in [1.165, 1.54) is 70.6 Å². The minimum Gasteiger partial charge on any atom is -0.464 e. The van der Waals surface area contributed by atoms with Crippen LogP contribution < -0.4 is 4.74 Å². The topological polar surface area (TPSA) is 35.5 Å². The highest BCUT2D eigenvalue weighted by Crippen LogP contribution is 2.15. The van der Waals surface area contributed by atoms with Gasteiger partial charge >= 0.3 is 0 Å². The molecule has 1 aromatic rings. The number of unbranched alkanes of at least 4 members (excludes halogenated alkanes) is 8. The van der Waals surface area contributed by atoms with Crippen LogP contribution in [0.15, 0.2) is 60.9 Å². The van der Waals surface area contributed by atoms with Crippen molar-refractivity contribution < 1.29 is 14.3 Å². The van der Waals surface area contributed by atoms with Gasteiger partial charge in [0, 0.05) is 13.2 Å². The number of carbonyl (C=O) groups is 1. The molecule has 0 bridgehead atoms. The molecule has 33 heavy (non-hydrogen) atoms. The Labute approximate surface area is 204 Å². The highest BCUT2D eigenvalue weighted by Gasteiger charge is 1.98. The van der Waals surface area contributed by atoms with Crippen molar-refractivity contribution in [1.82, 2.24) is 0 Å². The predicted octanol–water partition coefficient (Wildman–Crippen LogP) is 9.25. The van der Waals surface area contributed by atoms with Crippen molar-refractivity contribution in [2.75, 3.05) is 13.2 Å². The maximum Gasteiger partial charge on any atom is 0.153 e. The molecule has 0 saturated heterocycles. The molecule has 0 aliphatic carbocycles. The minimum absolute atomic E-state index is 0.559. The van der Waals surface area contributed by atoms with Crippen LogP contribution >= 0.6 is 0 Å². The van der Waals surface area contributed by atoms with Crippen LogP contribution in [0.4, 0.5) is 0 Å². The first-order valence-corrected chi connectivity index (χ1v) is 13.0. The molecule has 0 heterocycles. The summed E-state index contributed by atoms with van der Waals surface area (Å²) in [5.41, 5.74) is 0.559. The third-order valence-electron chi connectivity index (χ3n) is 5.01. The Balaban J connectivity index is 0.000000960. The summed E-state index contributed by atoms with van der Waals surface area (Å²) in [6.45, 7) is 8.53. The van der Waals surface area contributed by atoms with Gasteiger partial charge in [-0.05, 0) is 50.3 Å². The summed E-state index contributed by atoms with van der Waals surface area (Å²) in [6, 6.07) is 7.18. The maximum absolute atomic E-state index is 10.8. The molecule has 0 spiro atoms. The Kier molecular flexibility index (Phi) is 24.4. The molecule has 0 amide bonds. The van der Waals surface area contributed by atoms with Gasteiger partial charge in [0.2, 0.25) is 0 Å². The average molecular weight is 457 g/mol. The van der Waals surface area contributed by atoms with Crippen LogP contribution in [0.2, 0.25) is 0 Å². The average Bonchev–Trinajstić information content (AvgIpc) is 2.85. The van der Waals surface area contributed by atoms with Crippen molar-refractivity contribution in [3.63, 3.8) is 0 Å². The first kappa shape index (κ1) is 30.9. The molecule has 3 heteroatoms. The zero-order valence-corrected chi connectivity index (χ0v) is 21.5. The highest BCUT2D eigenvalue weighted by molar-refractivity contribution is 5.79. The van der Waals surface area contributed by atoms with Gasteiger partial charge < -0.3 is 9.47 Å². The standard InChI is InChI=1S/C22H30O2.C8H18O/c1-2-3-4-5-6-7-8-9-10-11-12-13-16-19-24-22-18-15-14-17-21(22)20-23;1-3-5-7-9-8-6-4-2/h9-10,12-20H,2-8,11H2,1H3;3-8H2,1-2H3. The lowest BCUT2D eigenvalue weighted by atomic mass is 10.1. The second-order valence-electron chi connectivity index (χ2n) is 8.11. The van der Waals surface area contributed by atoms with Crippen molar-refractivity contribution >= 4 is 6.29 Å². The number of para-hydroxylation sites is 1. The van der Waals surface area contributed by atoms with E-state index >= 15 is 0 Å². The van der Waals surface area contributed by atoms with Gasteiger partial charge in [-0.25, -0.2) is 0 Å². The summed E-state index contributed by atoms with van der Waals surface area (Å²) in [5, 5.41) is 0.